The van der Waals surface area contributed by atoms with Crippen molar-refractivity contribution in [3.63, 3.8) is 0 Å². The lowest BCUT2D eigenvalue weighted by Crippen LogP contribution is -2.42. The molecule has 1 aromatic rings. The highest BCUT2D eigenvalue weighted by atomic mass is 16.4. The van der Waals surface area contributed by atoms with Crippen LogP contribution in [0.4, 0.5) is 0 Å². The van der Waals surface area contributed by atoms with E-state index in [0.717, 1.165) is 0 Å². The minimum atomic E-state index is -1.09. The molecule has 3 unspecified atom stereocenters. The third-order valence-electron chi connectivity index (χ3n) is 2.87. The Morgan fingerprint density at radius 2 is 1.78 bits per heavy atom. The first-order chi connectivity index (χ1) is 8.43. The molecule has 0 fully saturated rings. The summed E-state index contributed by atoms with van der Waals surface area (Å²) in [7, 11) is 0. The fourth-order valence-corrected chi connectivity index (χ4v) is 1.45. The van der Waals surface area contributed by atoms with Gasteiger partial charge in [0, 0.05) is 12.0 Å². The first-order valence-corrected chi connectivity index (χ1v) is 5.77. The summed E-state index contributed by atoms with van der Waals surface area (Å²) in [5.41, 5.74) is 6.16. The summed E-state index contributed by atoms with van der Waals surface area (Å²) in [6.45, 7) is 3.38. The number of nitrogens with one attached hydrogen (secondary N) is 1. The van der Waals surface area contributed by atoms with Gasteiger partial charge in [0.05, 0.1) is 0 Å². The lowest BCUT2D eigenvalue weighted by molar-refractivity contribution is -0.142. The summed E-state index contributed by atoms with van der Waals surface area (Å²) in [6, 6.07) is 7.20. The van der Waals surface area contributed by atoms with Gasteiger partial charge >= 0.3 is 5.97 Å². The van der Waals surface area contributed by atoms with Gasteiger partial charge < -0.3 is 16.2 Å². The second kappa shape index (κ2) is 6.16. The number of aliphatic carboxylic acids is 1. The van der Waals surface area contributed by atoms with Crippen molar-refractivity contribution in [2.24, 2.45) is 11.7 Å². The summed E-state index contributed by atoms with van der Waals surface area (Å²) < 4.78 is 0. The molecular formula is C13H18N2O3. The second-order valence-corrected chi connectivity index (χ2v) is 4.34. The van der Waals surface area contributed by atoms with Gasteiger partial charge in [-0.05, 0) is 12.5 Å². The van der Waals surface area contributed by atoms with E-state index in [1.165, 1.54) is 0 Å². The van der Waals surface area contributed by atoms with Crippen LogP contribution in [-0.4, -0.2) is 23.0 Å². The molecule has 1 aromatic carbocycles. The van der Waals surface area contributed by atoms with E-state index in [1.807, 2.05) is 0 Å². The predicted molar refractivity (Wildman–Crippen MR) is 67.8 cm³/mol. The van der Waals surface area contributed by atoms with Gasteiger partial charge in [0.25, 0.3) is 0 Å². The lowest BCUT2D eigenvalue weighted by Gasteiger charge is -2.20. The number of carbonyl (C=O) groups is 2. The Morgan fingerprint density at radius 1 is 1.22 bits per heavy atom. The zero-order valence-electron chi connectivity index (χ0n) is 10.5. The average Bonchev–Trinajstić information content (AvgIpc) is 2.35. The SMILES string of the molecule is CC(N)C(C)C(=O)NC(C(=O)O)c1ccccc1. The third kappa shape index (κ3) is 3.56. The molecule has 5 heteroatoms. The van der Waals surface area contributed by atoms with E-state index in [1.54, 1.807) is 44.2 Å². The fourth-order valence-electron chi connectivity index (χ4n) is 1.45. The first-order valence-electron chi connectivity index (χ1n) is 5.77. The van der Waals surface area contributed by atoms with E-state index >= 15 is 0 Å². The molecule has 0 saturated carbocycles. The quantitative estimate of drug-likeness (QED) is 0.724. The topological polar surface area (TPSA) is 92.4 Å². The van der Waals surface area contributed by atoms with Crippen LogP contribution in [0, 0.1) is 5.92 Å². The molecule has 1 amide bonds. The molecule has 18 heavy (non-hydrogen) atoms. The Morgan fingerprint density at radius 3 is 2.22 bits per heavy atom. The van der Waals surface area contributed by atoms with Gasteiger partial charge in [-0.1, -0.05) is 37.3 Å². The summed E-state index contributed by atoms with van der Waals surface area (Å²) in [5, 5.41) is 11.6. The fraction of sp³-hybridized carbons (Fsp3) is 0.385. The molecule has 1 rings (SSSR count). The number of carbonyl (C=O) groups excluding carboxylic acids is 1. The molecule has 3 atom stereocenters. The van der Waals surface area contributed by atoms with Gasteiger partial charge in [-0.2, -0.15) is 0 Å². The Kier molecular flexibility index (Phi) is 4.85. The van der Waals surface area contributed by atoms with Crippen molar-refractivity contribution in [3.05, 3.63) is 35.9 Å². The average molecular weight is 250 g/mol. The Labute approximate surface area is 106 Å². The van der Waals surface area contributed by atoms with Crippen molar-refractivity contribution in [3.8, 4) is 0 Å². The van der Waals surface area contributed by atoms with E-state index < -0.39 is 17.9 Å². The second-order valence-electron chi connectivity index (χ2n) is 4.34. The smallest absolute Gasteiger partial charge is 0.330 e. The summed E-state index contributed by atoms with van der Waals surface area (Å²) in [4.78, 5) is 23.0. The van der Waals surface area contributed by atoms with Gasteiger partial charge in [-0.15, -0.1) is 0 Å². The molecule has 0 radical (unpaired) electrons. The Bertz CT molecular complexity index is 418. The van der Waals surface area contributed by atoms with Crippen LogP contribution in [0.3, 0.4) is 0 Å². The maximum absolute atomic E-state index is 11.8. The number of carboxylic acid groups (broad SMARTS) is 1. The van der Waals surface area contributed by atoms with Crippen LogP contribution in [0.1, 0.15) is 25.5 Å². The standard InChI is InChI=1S/C13H18N2O3/c1-8(9(2)14)12(16)15-11(13(17)18)10-6-4-3-5-7-10/h3-9,11H,14H2,1-2H3,(H,15,16)(H,17,18). The van der Waals surface area contributed by atoms with Crippen molar-refractivity contribution in [2.45, 2.75) is 25.9 Å². The number of amides is 1. The van der Waals surface area contributed by atoms with E-state index in [2.05, 4.69) is 5.32 Å². The van der Waals surface area contributed by atoms with E-state index in [9.17, 15) is 9.59 Å². The number of carboxylic acids is 1. The molecule has 0 heterocycles. The molecule has 0 aliphatic heterocycles. The number of benzene rings is 1. The van der Waals surface area contributed by atoms with E-state index in [0.29, 0.717) is 5.56 Å². The van der Waals surface area contributed by atoms with Crippen LogP contribution in [-0.2, 0) is 9.59 Å². The van der Waals surface area contributed by atoms with Crippen LogP contribution in [0.15, 0.2) is 30.3 Å². The normalized spacial score (nSPS) is 15.5. The minimum Gasteiger partial charge on any atom is -0.479 e. The highest BCUT2D eigenvalue weighted by Gasteiger charge is 2.25. The number of hydrogen-bond donors (Lipinski definition) is 3. The zero-order valence-corrected chi connectivity index (χ0v) is 10.5. The van der Waals surface area contributed by atoms with Crippen LogP contribution < -0.4 is 11.1 Å². The molecular weight excluding hydrogens is 232 g/mol. The molecule has 0 bridgehead atoms. The molecule has 0 aliphatic carbocycles. The molecule has 98 valence electrons. The molecule has 5 nitrogen and oxygen atoms in total. The number of nitrogens with two attached hydrogens (primary N) is 1. The van der Waals surface area contributed by atoms with Crippen molar-refractivity contribution in [1.29, 1.82) is 0 Å². The van der Waals surface area contributed by atoms with Gasteiger partial charge in [-0.3, -0.25) is 4.79 Å². The number of hydrogen-bond acceptors (Lipinski definition) is 3. The van der Waals surface area contributed by atoms with E-state index in [-0.39, 0.29) is 11.9 Å². The highest BCUT2D eigenvalue weighted by Crippen LogP contribution is 2.14. The van der Waals surface area contributed by atoms with Crippen molar-refractivity contribution < 1.29 is 14.7 Å². The summed E-state index contributed by atoms with van der Waals surface area (Å²) in [5.74, 6) is -1.89. The first kappa shape index (κ1) is 14.2. The lowest BCUT2D eigenvalue weighted by atomic mass is 10.0. The maximum atomic E-state index is 11.8. The van der Waals surface area contributed by atoms with Crippen LogP contribution in [0.5, 0.6) is 0 Å². The van der Waals surface area contributed by atoms with Gasteiger partial charge in [0.1, 0.15) is 0 Å². The summed E-state index contributed by atoms with van der Waals surface area (Å²) >= 11 is 0. The van der Waals surface area contributed by atoms with Gasteiger partial charge in [-0.25, -0.2) is 4.79 Å². The van der Waals surface area contributed by atoms with Crippen molar-refractivity contribution in [2.75, 3.05) is 0 Å². The van der Waals surface area contributed by atoms with Crippen LogP contribution >= 0.6 is 0 Å². The summed E-state index contributed by atoms with van der Waals surface area (Å²) in [6.07, 6.45) is 0. The number of rotatable bonds is 5. The van der Waals surface area contributed by atoms with Crippen molar-refractivity contribution >= 4 is 11.9 Å². The Balaban J connectivity index is 2.83. The molecule has 0 aliphatic rings. The molecule has 0 saturated heterocycles. The largest absolute Gasteiger partial charge is 0.479 e. The predicted octanol–water partition coefficient (Wildman–Crippen LogP) is 0.912. The minimum absolute atomic E-state index is 0.324. The highest BCUT2D eigenvalue weighted by molar-refractivity contribution is 5.86. The molecule has 0 spiro atoms. The van der Waals surface area contributed by atoms with E-state index in [4.69, 9.17) is 10.8 Å². The molecule has 4 N–H and O–H groups in total. The van der Waals surface area contributed by atoms with Crippen molar-refractivity contribution in [1.82, 2.24) is 5.32 Å². The maximum Gasteiger partial charge on any atom is 0.330 e. The van der Waals surface area contributed by atoms with Gasteiger partial charge in [0.15, 0.2) is 6.04 Å². The van der Waals surface area contributed by atoms with Crippen LogP contribution in [0.2, 0.25) is 0 Å². The monoisotopic (exact) mass is 250 g/mol. The molecule has 0 aromatic heterocycles. The van der Waals surface area contributed by atoms with Gasteiger partial charge in [0.2, 0.25) is 5.91 Å². The Hall–Kier alpha value is -1.88. The zero-order chi connectivity index (χ0) is 13.7. The van der Waals surface area contributed by atoms with Crippen LogP contribution in [0.25, 0.3) is 0 Å². The third-order valence-corrected chi connectivity index (χ3v) is 2.87.